The van der Waals surface area contributed by atoms with E-state index in [0.29, 0.717) is 0 Å². The summed E-state index contributed by atoms with van der Waals surface area (Å²) in [4.78, 5) is 8.01. The quantitative estimate of drug-likeness (QED) is 0.265. The maximum absolute atomic E-state index is 8.01. The molecule has 0 amide bonds. The molecule has 6 heteroatoms. The van der Waals surface area contributed by atoms with Crippen LogP contribution in [0, 0.1) is 0 Å². The van der Waals surface area contributed by atoms with E-state index in [1.807, 2.05) is 6.92 Å². The van der Waals surface area contributed by atoms with Crippen LogP contribution in [0.1, 0.15) is 13.8 Å². The van der Waals surface area contributed by atoms with Crippen molar-refractivity contribution in [2.24, 2.45) is 0 Å². The highest BCUT2D eigenvalue weighted by Gasteiger charge is 1.60. The first-order valence-corrected chi connectivity index (χ1v) is 6.18. The lowest BCUT2D eigenvalue weighted by Crippen LogP contribution is -1.75. The van der Waals surface area contributed by atoms with Crippen molar-refractivity contribution in [2.45, 2.75) is 25.9 Å². The van der Waals surface area contributed by atoms with Gasteiger partial charge in [0.1, 0.15) is 0 Å². The zero-order chi connectivity index (χ0) is 8.12. The van der Waals surface area contributed by atoms with E-state index < -0.39 is 9.76 Å². The predicted octanol–water partition coefficient (Wildman–Crippen LogP) is -1.52. The molecular weight excluding hydrogens is 168 g/mol. The Labute approximate surface area is 67.5 Å². The molecule has 0 aromatic carbocycles. The topological polar surface area (TPSA) is 92.2 Å². The van der Waals surface area contributed by atoms with Gasteiger partial charge >= 0.3 is 0 Å². The van der Waals surface area contributed by atoms with E-state index in [-0.39, 0.29) is 5.48 Å². The molecule has 10 heavy (non-hydrogen) atoms. The highest BCUT2D eigenvalue weighted by molar-refractivity contribution is 6.24. The van der Waals surface area contributed by atoms with Crippen LogP contribution in [0.2, 0.25) is 12.1 Å². The van der Waals surface area contributed by atoms with Crippen molar-refractivity contribution >= 4 is 20.0 Å². The van der Waals surface area contributed by atoms with E-state index >= 15 is 0 Å². The van der Waals surface area contributed by atoms with Gasteiger partial charge in [-0.25, -0.2) is 0 Å². The van der Waals surface area contributed by atoms with Crippen LogP contribution in [0.25, 0.3) is 0 Å². The first-order valence-electron chi connectivity index (χ1n) is 3.14. The van der Waals surface area contributed by atoms with Gasteiger partial charge in [-0.3, -0.25) is 10.5 Å². The van der Waals surface area contributed by atoms with Crippen molar-refractivity contribution < 1.29 is 20.8 Å². The Balaban J connectivity index is -0.0000000273. The zero-order valence-corrected chi connectivity index (χ0v) is 10.4. The Morgan fingerprint density at radius 1 is 1.30 bits per heavy atom. The largest absolute Gasteiger partial charge is 0.438 e. The highest BCUT2D eigenvalue weighted by atomic mass is 28.2. The minimum Gasteiger partial charge on any atom is -0.438 e. The second-order valence-electron chi connectivity index (χ2n) is 1.43. The Morgan fingerprint density at radius 2 is 1.40 bits per heavy atom. The van der Waals surface area contributed by atoms with E-state index in [2.05, 4.69) is 6.92 Å². The van der Waals surface area contributed by atoms with Crippen LogP contribution in [-0.4, -0.2) is 40.8 Å². The van der Waals surface area contributed by atoms with Gasteiger partial charge in [0, 0.05) is 10.2 Å². The SMILES string of the molecule is CC[SiH2]O.CC[SiH3].O.OO. The minimum absolute atomic E-state index is 0. The maximum Gasteiger partial charge on any atom is 0.156 e. The Bertz CT molecular complexity index is 22.7. The average Bonchev–Trinajstić information content (AvgIpc) is 1.94. The van der Waals surface area contributed by atoms with E-state index in [9.17, 15) is 0 Å². The smallest absolute Gasteiger partial charge is 0.156 e. The molecule has 5 N–H and O–H groups in total. The number of hydrogen-bond acceptors (Lipinski definition) is 3. The lowest BCUT2D eigenvalue weighted by atomic mass is 11.0. The minimum atomic E-state index is -0.576. The van der Waals surface area contributed by atoms with Crippen molar-refractivity contribution in [1.29, 1.82) is 0 Å². The molecule has 0 aromatic heterocycles. The molecule has 0 rings (SSSR count). The third-order valence-electron chi connectivity index (χ3n) is 0.224. The van der Waals surface area contributed by atoms with Crippen LogP contribution < -0.4 is 0 Å². The molecule has 0 spiro atoms. The van der Waals surface area contributed by atoms with Crippen molar-refractivity contribution in [3.8, 4) is 0 Å². The first kappa shape index (κ1) is 22.4. The van der Waals surface area contributed by atoms with Gasteiger partial charge in [0.15, 0.2) is 9.76 Å². The molecule has 0 saturated carbocycles. The first-order chi connectivity index (χ1) is 4.33. The molecule has 68 valence electrons. The van der Waals surface area contributed by atoms with Gasteiger partial charge in [-0.05, 0) is 6.04 Å². The molecule has 0 radical (unpaired) electrons. The molecule has 0 bridgehead atoms. The zero-order valence-electron chi connectivity index (χ0n) is 6.96. The third kappa shape index (κ3) is 270. The average molecular weight is 188 g/mol. The van der Waals surface area contributed by atoms with Crippen LogP contribution in [-0.2, 0) is 0 Å². The van der Waals surface area contributed by atoms with E-state index in [1.165, 1.54) is 16.3 Å². The molecule has 0 aromatic rings. The van der Waals surface area contributed by atoms with Gasteiger partial charge in [0.2, 0.25) is 0 Å². The third-order valence-corrected chi connectivity index (χ3v) is 0.671. The predicted molar refractivity (Wildman–Crippen MR) is 50.5 cm³/mol. The van der Waals surface area contributed by atoms with Crippen LogP contribution >= 0.6 is 0 Å². The van der Waals surface area contributed by atoms with E-state index in [4.69, 9.17) is 15.3 Å². The highest BCUT2D eigenvalue weighted by Crippen LogP contribution is 1.60. The second-order valence-corrected chi connectivity index (χ2v) is 4.29. The molecule has 4 nitrogen and oxygen atoms in total. The fourth-order valence-electron chi connectivity index (χ4n) is 0. The summed E-state index contributed by atoms with van der Waals surface area (Å²) in [5.41, 5.74) is 0. The molecule has 0 fully saturated rings. The molecular formula is C4H20O4Si2. The second kappa shape index (κ2) is 59.2. The molecule has 0 saturated heterocycles. The fraction of sp³-hybridized carbons (Fsp3) is 1.00. The van der Waals surface area contributed by atoms with Crippen LogP contribution in [0.3, 0.4) is 0 Å². The molecule has 0 heterocycles. The molecule has 0 unspecified atom stereocenters. The standard InChI is InChI=1S/C2H8OSi.C2H8Si.H2O2.H2O/c1-2-4-3;1-2-3;1-2;/h3H,2,4H2,1H3;2H2,1,3H3;1-2H;1H2. The summed E-state index contributed by atoms with van der Waals surface area (Å²) in [6, 6.07) is 2.40. The van der Waals surface area contributed by atoms with Gasteiger partial charge in [-0.2, -0.15) is 0 Å². The summed E-state index contributed by atoms with van der Waals surface area (Å²) in [7, 11) is 0.793. The summed E-state index contributed by atoms with van der Waals surface area (Å²) in [6.07, 6.45) is 0. The molecule has 0 aliphatic carbocycles. The van der Waals surface area contributed by atoms with Crippen molar-refractivity contribution in [1.82, 2.24) is 0 Å². The lowest BCUT2D eigenvalue weighted by Gasteiger charge is -1.66. The van der Waals surface area contributed by atoms with Crippen molar-refractivity contribution in [3.63, 3.8) is 0 Å². The Hall–Kier alpha value is 0.274. The number of hydrogen-bond donors (Lipinski definition) is 3. The van der Waals surface area contributed by atoms with Gasteiger partial charge in [-0.15, -0.1) is 0 Å². The van der Waals surface area contributed by atoms with Crippen LogP contribution in [0.5, 0.6) is 0 Å². The Morgan fingerprint density at radius 3 is 1.40 bits per heavy atom. The summed E-state index contributed by atoms with van der Waals surface area (Å²) < 4.78 is 0. The normalized spacial score (nSPS) is 6.90. The van der Waals surface area contributed by atoms with Crippen LogP contribution in [0.4, 0.5) is 0 Å². The molecule has 0 aliphatic rings. The fourth-order valence-corrected chi connectivity index (χ4v) is 0. The molecule has 0 aliphatic heterocycles. The van der Waals surface area contributed by atoms with Crippen molar-refractivity contribution in [2.75, 3.05) is 0 Å². The number of rotatable bonds is 1. The van der Waals surface area contributed by atoms with Gasteiger partial charge < -0.3 is 10.3 Å². The lowest BCUT2D eigenvalue weighted by molar-refractivity contribution is -0.176. The van der Waals surface area contributed by atoms with Gasteiger partial charge in [0.25, 0.3) is 0 Å². The van der Waals surface area contributed by atoms with E-state index in [0.717, 1.165) is 6.04 Å². The summed E-state index contributed by atoms with van der Waals surface area (Å²) in [5.74, 6) is 0. The monoisotopic (exact) mass is 188 g/mol. The summed E-state index contributed by atoms with van der Waals surface area (Å²) in [5, 5.41) is 12.0. The maximum atomic E-state index is 8.01. The van der Waals surface area contributed by atoms with Crippen LogP contribution in [0.15, 0.2) is 0 Å². The van der Waals surface area contributed by atoms with E-state index in [1.54, 1.807) is 0 Å². The summed E-state index contributed by atoms with van der Waals surface area (Å²) >= 11 is 0. The van der Waals surface area contributed by atoms with Crippen molar-refractivity contribution in [3.05, 3.63) is 0 Å². The van der Waals surface area contributed by atoms with Gasteiger partial charge in [0.05, 0.1) is 0 Å². The summed E-state index contributed by atoms with van der Waals surface area (Å²) in [6.45, 7) is 4.18. The molecule has 0 atom stereocenters. The Kier molecular flexibility index (Phi) is 133. The van der Waals surface area contributed by atoms with Gasteiger partial charge in [-0.1, -0.05) is 19.9 Å².